The van der Waals surface area contributed by atoms with Crippen LogP contribution >= 0.6 is 0 Å². The van der Waals surface area contributed by atoms with Crippen LogP contribution in [0.15, 0.2) is 24.4 Å². The summed E-state index contributed by atoms with van der Waals surface area (Å²) in [7, 11) is 0. The van der Waals surface area contributed by atoms with Crippen molar-refractivity contribution in [2.24, 2.45) is 0 Å². The lowest BCUT2D eigenvalue weighted by atomic mass is 10.2. The molecule has 1 aromatic rings. The summed E-state index contributed by atoms with van der Waals surface area (Å²) in [6.45, 7) is 10.8. The number of pyridine rings is 1. The van der Waals surface area contributed by atoms with Gasteiger partial charge in [-0.3, -0.25) is 9.88 Å². The highest BCUT2D eigenvalue weighted by molar-refractivity contribution is 5.03. The van der Waals surface area contributed by atoms with E-state index in [9.17, 15) is 0 Å². The summed E-state index contributed by atoms with van der Waals surface area (Å²) in [6.07, 6.45) is 3.05. The first-order valence-corrected chi connectivity index (χ1v) is 6.61. The van der Waals surface area contributed by atoms with Gasteiger partial charge in [0.2, 0.25) is 0 Å². The lowest BCUT2D eigenvalue weighted by molar-refractivity contribution is 0.248. The summed E-state index contributed by atoms with van der Waals surface area (Å²) in [4.78, 5) is 6.80. The standard InChI is InChI=1S/C14H25N3/c1-4-9-15-13(3)11-17(5-2)12-14-8-6-7-10-16-14/h6-8,10,13,15H,4-5,9,11-12H2,1-3H3. The Balaban J connectivity index is 2.38. The van der Waals surface area contributed by atoms with E-state index < -0.39 is 0 Å². The zero-order chi connectivity index (χ0) is 12.5. The molecule has 1 heterocycles. The quantitative estimate of drug-likeness (QED) is 0.749. The third-order valence-corrected chi connectivity index (χ3v) is 2.83. The predicted octanol–water partition coefficient (Wildman–Crippen LogP) is 2.29. The van der Waals surface area contributed by atoms with Crippen molar-refractivity contribution in [2.75, 3.05) is 19.6 Å². The number of hydrogen-bond acceptors (Lipinski definition) is 3. The molecular weight excluding hydrogens is 210 g/mol. The first-order valence-electron chi connectivity index (χ1n) is 6.61. The normalized spacial score (nSPS) is 12.9. The van der Waals surface area contributed by atoms with Crippen LogP contribution < -0.4 is 5.32 Å². The van der Waals surface area contributed by atoms with Crippen LogP contribution in [0.3, 0.4) is 0 Å². The highest BCUT2D eigenvalue weighted by Crippen LogP contribution is 2.01. The van der Waals surface area contributed by atoms with Crippen molar-refractivity contribution in [2.45, 2.75) is 39.8 Å². The molecule has 1 unspecified atom stereocenters. The number of nitrogens with one attached hydrogen (secondary N) is 1. The van der Waals surface area contributed by atoms with Gasteiger partial charge in [0, 0.05) is 25.3 Å². The first-order chi connectivity index (χ1) is 8.26. The summed E-state index contributed by atoms with van der Waals surface area (Å²) in [5.74, 6) is 0. The van der Waals surface area contributed by atoms with Gasteiger partial charge < -0.3 is 5.32 Å². The molecule has 1 atom stereocenters. The Morgan fingerprint density at radius 3 is 2.76 bits per heavy atom. The molecule has 96 valence electrons. The fourth-order valence-electron chi connectivity index (χ4n) is 1.87. The predicted molar refractivity (Wildman–Crippen MR) is 72.9 cm³/mol. The Bertz CT molecular complexity index is 287. The van der Waals surface area contributed by atoms with Gasteiger partial charge in [-0.1, -0.05) is 19.9 Å². The van der Waals surface area contributed by atoms with Gasteiger partial charge in [-0.25, -0.2) is 0 Å². The third-order valence-electron chi connectivity index (χ3n) is 2.83. The van der Waals surface area contributed by atoms with E-state index in [0.717, 1.165) is 31.9 Å². The van der Waals surface area contributed by atoms with Gasteiger partial charge in [-0.05, 0) is 38.6 Å². The van der Waals surface area contributed by atoms with Gasteiger partial charge in [-0.15, -0.1) is 0 Å². The van der Waals surface area contributed by atoms with Crippen LogP contribution in [0.2, 0.25) is 0 Å². The lowest BCUT2D eigenvalue weighted by Gasteiger charge is -2.24. The van der Waals surface area contributed by atoms with Gasteiger partial charge in [-0.2, -0.15) is 0 Å². The Labute approximate surface area is 105 Å². The van der Waals surface area contributed by atoms with Gasteiger partial charge in [0.1, 0.15) is 0 Å². The number of nitrogens with zero attached hydrogens (tertiary/aromatic N) is 2. The van der Waals surface area contributed by atoms with Gasteiger partial charge >= 0.3 is 0 Å². The molecule has 3 heteroatoms. The molecule has 0 amide bonds. The van der Waals surface area contributed by atoms with Crippen LogP contribution in [0.5, 0.6) is 0 Å². The minimum atomic E-state index is 0.540. The Kier molecular flexibility index (Phi) is 6.82. The average molecular weight is 235 g/mol. The van der Waals surface area contributed by atoms with Gasteiger partial charge in [0.05, 0.1) is 5.69 Å². The van der Waals surface area contributed by atoms with Crippen molar-refractivity contribution >= 4 is 0 Å². The van der Waals surface area contributed by atoms with Crippen LogP contribution in [-0.2, 0) is 6.54 Å². The van der Waals surface area contributed by atoms with E-state index in [4.69, 9.17) is 0 Å². The topological polar surface area (TPSA) is 28.2 Å². The van der Waals surface area contributed by atoms with E-state index in [1.807, 2.05) is 12.3 Å². The average Bonchev–Trinajstić information content (AvgIpc) is 2.36. The molecule has 17 heavy (non-hydrogen) atoms. The Morgan fingerprint density at radius 1 is 1.35 bits per heavy atom. The number of rotatable bonds is 8. The smallest absolute Gasteiger partial charge is 0.0543 e. The summed E-state index contributed by atoms with van der Waals surface area (Å²) in [5, 5.41) is 3.52. The lowest BCUT2D eigenvalue weighted by Crippen LogP contribution is -2.39. The highest BCUT2D eigenvalue weighted by atomic mass is 15.1. The van der Waals surface area contributed by atoms with E-state index >= 15 is 0 Å². The van der Waals surface area contributed by atoms with Crippen LogP contribution in [0, 0.1) is 0 Å². The second kappa shape index (κ2) is 8.20. The molecule has 0 saturated carbocycles. The van der Waals surface area contributed by atoms with Gasteiger partial charge in [0.25, 0.3) is 0 Å². The Hall–Kier alpha value is -0.930. The summed E-state index contributed by atoms with van der Waals surface area (Å²) in [6, 6.07) is 6.64. The molecule has 0 fully saturated rings. The fraction of sp³-hybridized carbons (Fsp3) is 0.643. The molecule has 0 aromatic carbocycles. The monoisotopic (exact) mass is 235 g/mol. The molecule has 0 aliphatic carbocycles. The minimum Gasteiger partial charge on any atom is -0.313 e. The molecule has 0 saturated heterocycles. The maximum absolute atomic E-state index is 4.37. The molecule has 0 aliphatic heterocycles. The Morgan fingerprint density at radius 2 is 2.18 bits per heavy atom. The maximum Gasteiger partial charge on any atom is 0.0543 e. The molecule has 1 aromatic heterocycles. The van der Waals surface area contributed by atoms with Crippen molar-refractivity contribution in [1.82, 2.24) is 15.2 Å². The zero-order valence-electron chi connectivity index (χ0n) is 11.3. The molecule has 0 bridgehead atoms. The third kappa shape index (κ3) is 5.80. The number of hydrogen-bond donors (Lipinski definition) is 1. The van der Waals surface area contributed by atoms with Crippen LogP contribution in [0.4, 0.5) is 0 Å². The van der Waals surface area contributed by atoms with Crippen molar-refractivity contribution < 1.29 is 0 Å². The van der Waals surface area contributed by atoms with Crippen molar-refractivity contribution in [3.8, 4) is 0 Å². The molecule has 0 aliphatic rings. The molecule has 0 spiro atoms. The van der Waals surface area contributed by atoms with E-state index in [-0.39, 0.29) is 0 Å². The summed E-state index contributed by atoms with van der Waals surface area (Å²) < 4.78 is 0. The van der Waals surface area contributed by atoms with Crippen molar-refractivity contribution in [3.63, 3.8) is 0 Å². The second-order valence-electron chi connectivity index (χ2n) is 4.50. The van der Waals surface area contributed by atoms with Crippen LogP contribution in [-0.4, -0.2) is 35.6 Å². The first kappa shape index (κ1) is 14.1. The van der Waals surface area contributed by atoms with Crippen molar-refractivity contribution in [1.29, 1.82) is 0 Å². The van der Waals surface area contributed by atoms with E-state index in [1.54, 1.807) is 0 Å². The molecule has 1 rings (SSSR count). The summed E-state index contributed by atoms with van der Waals surface area (Å²) >= 11 is 0. The minimum absolute atomic E-state index is 0.540. The van der Waals surface area contributed by atoms with Crippen LogP contribution in [0.1, 0.15) is 32.9 Å². The van der Waals surface area contributed by atoms with Crippen molar-refractivity contribution in [3.05, 3.63) is 30.1 Å². The fourth-order valence-corrected chi connectivity index (χ4v) is 1.87. The summed E-state index contributed by atoms with van der Waals surface area (Å²) in [5.41, 5.74) is 1.15. The molecule has 0 radical (unpaired) electrons. The molecule has 3 nitrogen and oxygen atoms in total. The van der Waals surface area contributed by atoms with Crippen LogP contribution in [0.25, 0.3) is 0 Å². The second-order valence-corrected chi connectivity index (χ2v) is 4.50. The van der Waals surface area contributed by atoms with E-state index in [1.165, 1.54) is 6.42 Å². The van der Waals surface area contributed by atoms with Gasteiger partial charge in [0.15, 0.2) is 0 Å². The zero-order valence-corrected chi connectivity index (χ0v) is 11.3. The number of aromatic nitrogens is 1. The SMILES string of the molecule is CCCNC(C)CN(CC)Cc1ccccn1. The highest BCUT2D eigenvalue weighted by Gasteiger charge is 2.08. The molecule has 1 N–H and O–H groups in total. The molecular formula is C14H25N3. The van der Waals surface area contributed by atoms with E-state index in [2.05, 4.69) is 48.1 Å². The maximum atomic E-state index is 4.37. The van der Waals surface area contributed by atoms with E-state index in [0.29, 0.717) is 6.04 Å². The number of likely N-dealkylation sites (N-methyl/N-ethyl adjacent to an activating group) is 1. The largest absolute Gasteiger partial charge is 0.313 e.